The van der Waals surface area contributed by atoms with Crippen LogP contribution in [0, 0.1) is 0 Å². The summed E-state index contributed by atoms with van der Waals surface area (Å²) in [5.74, 6) is 0.957. The van der Waals surface area contributed by atoms with Crippen LogP contribution in [0.15, 0.2) is 71.4 Å². The number of amides is 1. The minimum Gasteiger partial charge on any atom is -0.451 e. The summed E-state index contributed by atoms with van der Waals surface area (Å²) in [4.78, 5) is 16.7. The number of imidazole rings is 1. The quantitative estimate of drug-likeness (QED) is 0.543. The monoisotopic (exact) mass is 379 g/mol. The van der Waals surface area contributed by atoms with E-state index in [-0.39, 0.29) is 11.7 Å². The summed E-state index contributed by atoms with van der Waals surface area (Å²) >= 11 is 5.97. The highest BCUT2D eigenvalue weighted by atomic mass is 35.5. The van der Waals surface area contributed by atoms with Crippen molar-refractivity contribution in [2.45, 2.75) is 13.0 Å². The number of rotatable bonds is 6. The number of carbonyl (C=O) groups excluding carboxylic acids is 1. The topological polar surface area (TPSA) is 60.1 Å². The van der Waals surface area contributed by atoms with E-state index in [2.05, 4.69) is 27.0 Å². The number of benzene rings is 2. The Labute approximate surface area is 161 Å². The third-order valence-electron chi connectivity index (χ3n) is 4.33. The van der Waals surface area contributed by atoms with E-state index >= 15 is 0 Å². The van der Waals surface area contributed by atoms with Crippen LogP contribution in [0.5, 0.6) is 0 Å². The van der Waals surface area contributed by atoms with Gasteiger partial charge in [-0.15, -0.1) is 0 Å². The van der Waals surface area contributed by atoms with E-state index in [1.165, 1.54) is 5.56 Å². The molecular formula is C21H18ClN3O2. The molecule has 1 N–H and O–H groups in total. The van der Waals surface area contributed by atoms with E-state index in [0.29, 0.717) is 23.6 Å². The van der Waals surface area contributed by atoms with Gasteiger partial charge in [0.2, 0.25) is 0 Å². The van der Waals surface area contributed by atoms with Crippen LogP contribution in [-0.2, 0) is 13.0 Å². The van der Waals surface area contributed by atoms with Gasteiger partial charge in [-0.2, -0.15) is 0 Å². The summed E-state index contributed by atoms with van der Waals surface area (Å²) in [5.41, 5.74) is 1.85. The van der Waals surface area contributed by atoms with Gasteiger partial charge in [-0.25, -0.2) is 4.98 Å². The zero-order chi connectivity index (χ0) is 18.6. The third kappa shape index (κ3) is 4.04. The summed E-state index contributed by atoms with van der Waals surface area (Å²) in [5, 5.41) is 4.31. The van der Waals surface area contributed by atoms with Crippen LogP contribution in [0.1, 0.15) is 21.9 Å². The third-order valence-corrected chi connectivity index (χ3v) is 4.57. The number of furan rings is 1. The number of fused-ring (bicyclic) bond motifs is 1. The van der Waals surface area contributed by atoms with E-state index in [1.54, 1.807) is 30.5 Å². The molecule has 27 heavy (non-hydrogen) atoms. The first-order chi connectivity index (χ1) is 13.2. The van der Waals surface area contributed by atoms with Crippen LogP contribution in [0.3, 0.4) is 0 Å². The number of hydrogen-bond acceptors (Lipinski definition) is 3. The Balaban J connectivity index is 1.37. The summed E-state index contributed by atoms with van der Waals surface area (Å²) in [6.07, 6.45) is 4.37. The van der Waals surface area contributed by atoms with Gasteiger partial charge < -0.3 is 14.3 Å². The summed E-state index contributed by atoms with van der Waals surface area (Å²) < 4.78 is 7.67. The van der Waals surface area contributed by atoms with Gasteiger partial charge in [0.15, 0.2) is 5.76 Å². The standard InChI is InChI=1S/C21H18ClN3O2/c22-17-6-7-18-16(12-17)13-19(27-18)21(26)24-9-8-20-23-10-11-25(20)14-15-4-2-1-3-5-15/h1-7,10-13H,8-9,14H2,(H,24,26). The van der Waals surface area contributed by atoms with Gasteiger partial charge in [-0.3, -0.25) is 4.79 Å². The molecule has 2 heterocycles. The van der Waals surface area contributed by atoms with Crippen LogP contribution in [0.4, 0.5) is 0 Å². The molecule has 1 amide bonds. The van der Waals surface area contributed by atoms with Crippen molar-refractivity contribution in [2.75, 3.05) is 6.54 Å². The van der Waals surface area contributed by atoms with Crippen molar-refractivity contribution in [2.24, 2.45) is 0 Å². The number of aromatic nitrogens is 2. The van der Waals surface area contributed by atoms with Gasteiger partial charge >= 0.3 is 0 Å². The number of carbonyl (C=O) groups is 1. The molecule has 0 aliphatic carbocycles. The fourth-order valence-electron chi connectivity index (χ4n) is 2.99. The van der Waals surface area contributed by atoms with Gasteiger partial charge in [-0.05, 0) is 29.8 Å². The van der Waals surface area contributed by atoms with Crippen LogP contribution in [0.2, 0.25) is 5.02 Å². The first kappa shape index (κ1) is 17.4. The molecule has 4 rings (SSSR count). The van der Waals surface area contributed by atoms with E-state index < -0.39 is 0 Å². The smallest absolute Gasteiger partial charge is 0.287 e. The van der Waals surface area contributed by atoms with Crippen LogP contribution >= 0.6 is 11.6 Å². The molecule has 2 aromatic heterocycles. The molecule has 0 saturated heterocycles. The highest BCUT2D eigenvalue weighted by Gasteiger charge is 2.12. The van der Waals surface area contributed by atoms with Crippen molar-refractivity contribution < 1.29 is 9.21 Å². The van der Waals surface area contributed by atoms with Crippen molar-refractivity contribution in [3.8, 4) is 0 Å². The van der Waals surface area contributed by atoms with Crippen molar-refractivity contribution in [1.82, 2.24) is 14.9 Å². The van der Waals surface area contributed by atoms with Crippen LogP contribution < -0.4 is 5.32 Å². The molecule has 0 saturated carbocycles. The van der Waals surface area contributed by atoms with Gasteiger partial charge in [0.05, 0.1) is 0 Å². The molecule has 0 unspecified atom stereocenters. The molecule has 0 fully saturated rings. The molecule has 6 heteroatoms. The highest BCUT2D eigenvalue weighted by molar-refractivity contribution is 6.31. The van der Waals surface area contributed by atoms with E-state index in [4.69, 9.17) is 16.0 Å². The Hall–Kier alpha value is -3.05. The molecule has 0 aliphatic rings. The second-order valence-electron chi connectivity index (χ2n) is 6.26. The van der Waals surface area contributed by atoms with Crippen molar-refractivity contribution in [3.63, 3.8) is 0 Å². The Morgan fingerprint density at radius 2 is 2.00 bits per heavy atom. The van der Waals surface area contributed by atoms with Crippen molar-refractivity contribution in [1.29, 1.82) is 0 Å². The van der Waals surface area contributed by atoms with Gasteiger partial charge in [-0.1, -0.05) is 41.9 Å². The maximum Gasteiger partial charge on any atom is 0.287 e. The molecule has 4 aromatic rings. The second kappa shape index (κ2) is 7.68. The number of hydrogen-bond donors (Lipinski definition) is 1. The minimum absolute atomic E-state index is 0.247. The molecule has 0 spiro atoms. The Bertz CT molecular complexity index is 1070. The zero-order valence-electron chi connectivity index (χ0n) is 14.6. The van der Waals surface area contributed by atoms with Gasteiger partial charge in [0.25, 0.3) is 5.91 Å². The molecule has 0 aliphatic heterocycles. The number of nitrogens with one attached hydrogen (secondary N) is 1. The SMILES string of the molecule is O=C(NCCc1nccn1Cc1ccccc1)c1cc2cc(Cl)ccc2o1. The predicted octanol–water partition coefficient (Wildman–Crippen LogP) is 4.30. The Morgan fingerprint density at radius 3 is 2.85 bits per heavy atom. The first-order valence-corrected chi connectivity index (χ1v) is 9.08. The first-order valence-electron chi connectivity index (χ1n) is 8.70. The van der Waals surface area contributed by atoms with Gasteiger partial charge in [0, 0.05) is 42.3 Å². The van der Waals surface area contributed by atoms with Crippen LogP contribution in [-0.4, -0.2) is 22.0 Å². The summed E-state index contributed by atoms with van der Waals surface area (Å²) in [6.45, 7) is 1.23. The molecule has 0 atom stereocenters. The summed E-state index contributed by atoms with van der Waals surface area (Å²) in [7, 11) is 0. The molecule has 2 aromatic carbocycles. The Kier molecular flexibility index (Phi) is 4.94. The zero-order valence-corrected chi connectivity index (χ0v) is 15.3. The molecular weight excluding hydrogens is 362 g/mol. The Morgan fingerprint density at radius 1 is 1.15 bits per heavy atom. The predicted molar refractivity (Wildman–Crippen MR) is 105 cm³/mol. The molecule has 136 valence electrons. The van der Waals surface area contributed by atoms with Crippen LogP contribution in [0.25, 0.3) is 11.0 Å². The molecule has 0 radical (unpaired) electrons. The van der Waals surface area contributed by atoms with E-state index in [0.717, 1.165) is 17.8 Å². The lowest BCUT2D eigenvalue weighted by Crippen LogP contribution is -2.26. The average Bonchev–Trinajstić information content (AvgIpc) is 3.29. The second-order valence-corrected chi connectivity index (χ2v) is 6.69. The lowest BCUT2D eigenvalue weighted by atomic mass is 10.2. The van der Waals surface area contributed by atoms with Gasteiger partial charge in [0.1, 0.15) is 11.4 Å². The van der Waals surface area contributed by atoms with E-state index in [1.807, 2.05) is 24.4 Å². The lowest BCUT2D eigenvalue weighted by Gasteiger charge is -2.08. The largest absolute Gasteiger partial charge is 0.451 e. The summed E-state index contributed by atoms with van der Waals surface area (Å²) in [6, 6.07) is 17.2. The normalized spacial score (nSPS) is 11.0. The minimum atomic E-state index is -0.247. The fraction of sp³-hybridized carbons (Fsp3) is 0.143. The van der Waals surface area contributed by atoms with Crippen molar-refractivity contribution >= 4 is 28.5 Å². The van der Waals surface area contributed by atoms with E-state index in [9.17, 15) is 4.79 Å². The lowest BCUT2D eigenvalue weighted by molar-refractivity contribution is 0.0928. The maximum atomic E-state index is 12.3. The molecule has 5 nitrogen and oxygen atoms in total. The number of halogens is 1. The molecule has 0 bridgehead atoms. The maximum absolute atomic E-state index is 12.3. The highest BCUT2D eigenvalue weighted by Crippen LogP contribution is 2.22. The average molecular weight is 380 g/mol. The fourth-order valence-corrected chi connectivity index (χ4v) is 3.17. The number of nitrogens with zero attached hydrogens (tertiary/aromatic N) is 2. The van der Waals surface area contributed by atoms with Crippen molar-refractivity contribution in [3.05, 3.63) is 89.2 Å².